The molecule has 0 radical (unpaired) electrons. The summed E-state index contributed by atoms with van der Waals surface area (Å²) < 4.78 is 5.19. The van der Waals surface area contributed by atoms with Gasteiger partial charge in [0.05, 0.1) is 12.2 Å². The molecular weight excluding hydrogens is 276 g/mol. The number of nitrogens with zero attached hydrogens (tertiary/aromatic N) is 1. The predicted molar refractivity (Wildman–Crippen MR) is 79.8 cm³/mol. The summed E-state index contributed by atoms with van der Waals surface area (Å²) in [5.41, 5.74) is 0.201. The minimum atomic E-state index is -0.520. The van der Waals surface area contributed by atoms with Crippen LogP contribution in [0, 0.1) is 0 Å². The van der Waals surface area contributed by atoms with Crippen molar-refractivity contribution >= 4 is 28.5 Å². The number of aromatic nitrogens is 1. The topological polar surface area (TPSA) is 51.2 Å². The van der Waals surface area contributed by atoms with Crippen LogP contribution in [0.1, 0.15) is 26.5 Å². The molecule has 0 aliphatic rings. The zero-order valence-electron chi connectivity index (χ0n) is 11.7. The fraction of sp³-hybridized carbons (Fsp3) is 0.333. The van der Waals surface area contributed by atoms with Gasteiger partial charge in [0.1, 0.15) is 10.8 Å². The molecule has 0 spiro atoms. The first-order chi connectivity index (χ1) is 9.35. The van der Waals surface area contributed by atoms with Crippen molar-refractivity contribution < 1.29 is 9.53 Å². The van der Waals surface area contributed by atoms with Gasteiger partial charge < -0.3 is 10.1 Å². The standard InChI is InChI=1S/C15H17ClN2O2/c1-15(2,3)20-14(19)17-9-12-11-7-5-4-6-10(11)8-13(16)18-12/h4-8H,9H2,1-3H3,(H,17,19). The lowest BCUT2D eigenvalue weighted by molar-refractivity contribution is 0.0523. The number of benzene rings is 1. The maximum atomic E-state index is 11.7. The largest absolute Gasteiger partial charge is 0.444 e. The Bertz CT molecular complexity index is 635. The molecule has 4 nitrogen and oxygen atoms in total. The Balaban J connectivity index is 2.16. The van der Waals surface area contributed by atoms with Crippen LogP contribution in [0.3, 0.4) is 0 Å². The Morgan fingerprint density at radius 2 is 2.05 bits per heavy atom. The molecule has 5 heteroatoms. The number of halogens is 1. The van der Waals surface area contributed by atoms with Crippen molar-refractivity contribution in [1.29, 1.82) is 0 Å². The number of alkyl carbamates (subject to hydrolysis) is 1. The number of nitrogens with one attached hydrogen (secondary N) is 1. The van der Waals surface area contributed by atoms with Gasteiger partial charge in [-0.25, -0.2) is 9.78 Å². The summed E-state index contributed by atoms with van der Waals surface area (Å²) in [6.45, 7) is 5.73. The van der Waals surface area contributed by atoms with Crippen LogP contribution in [0.2, 0.25) is 5.15 Å². The maximum absolute atomic E-state index is 11.7. The van der Waals surface area contributed by atoms with E-state index in [9.17, 15) is 4.79 Å². The second-order valence-corrected chi connectivity index (χ2v) is 5.86. The van der Waals surface area contributed by atoms with Crippen LogP contribution in [0.4, 0.5) is 4.79 Å². The van der Waals surface area contributed by atoms with Gasteiger partial charge >= 0.3 is 6.09 Å². The molecule has 1 heterocycles. The lowest BCUT2D eigenvalue weighted by Crippen LogP contribution is -2.32. The van der Waals surface area contributed by atoms with E-state index in [1.165, 1.54) is 0 Å². The van der Waals surface area contributed by atoms with E-state index in [0.29, 0.717) is 5.15 Å². The van der Waals surface area contributed by atoms with Gasteiger partial charge in [-0.1, -0.05) is 35.9 Å². The van der Waals surface area contributed by atoms with Crippen molar-refractivity contribution in [2.45, 2.75) is 32.9 Å². The van der Waals surface area contributed by atoms with Gasteiger partial charge in [-0.2, -0.15) is 0 Å². The number of carbonyl (C=O) groups excluding carboxylic acids is 1. The Hall–Kier alpha value is -1.81. The molecule has 2 rings (SSSR count). The van der Waals surface area contributed by atoms with Crippen LogP contribution in [0.25, 0.3) is 10.8 Å². The van der Waals surface area contributed by atoms with Crippen LogP contribution in [0.5, 0.6) is 0 Å². The van der Waals surface area contributed by atoms with Crippen molar-refractivity contribution in [2.75, 3.05) is 0 Å². The predicted octanol–water partition coefficient (Wildman–Crippen LogP) is 3.91. The first-order valence-electron chi connectivity index (χ1n) is 6.36. The molecule has 1 aromatic carbocycles. The number of ether oxygens (including phenoxy) is 1. The van der Waals surface area contributed by atoms with Crippen molar-refractivity contribution in [2.24, 2.45) is 0 Å². The molecule has 2 aromatic rings. The fourth-order valence-electron chi connectivity index (χ4n) is 1.84. The molecule has 106 valence electrons. The van der Waals surface area contributed by atoms with E-state index in [4.69, 9.17) is 16.3 Å². The van der Waals surface area contributed by atoms with Gasteiger partial charge in [0, 0.05) is 5.39 Å². The van der Waals surface area contributed by atoms with E-state index < -0.39 is 11.7 Å². The van der Waals surface area contributed by atoms with Crippen molar-refractivity contribution in [3.63, 3.8) is 0 Å². The second-order valence-electron chi connectivity index (χ2n) is 5.47. The summed E-state index contributed by atoms with van der Waals surface area (Å²) in [4.78, 5) is 15.9. The van der Waals surface area contributed by atoms with Gasteiger partial charge in [0.15, 0.2) is 0 Å². The van der Waals surface area contributed by atoms with Crippen LogP contribution < -0.4 is 5.32 Å². The molecule has 0 saturated heterocycles. The molecule has 0 fully saturated rings. The number of fused-ring (bicyclic) bond motifs is 1. The molecule has 1 N–H and O–H groups in total. The summed E-state index contributed by atoms with van der Waals surface area (Å²) in [5.74, 6) is 0. The van der Waals surface area contributed by atoms with Crippen molar-refractivity contribution in [3.8, 4) is 0 Å². The Morgan fingerprint density at radius 3 is 2.75 bits per heavy atom. The van der Waals surface area contributed by atoms with E-state index in [0.717, 1.165) is 16.5 Å². The first-order valence-corrected chi connectivity index (χ1v) is 6.74. The monoisotopic (exact) mass is 292 g/mol. The molecule has 0 aliphatic carbocycles. The zero-order chi connectivity index (χ0) is 14.8. The minimum absolute atomic E-state index is 0.274. The van der Waals surface area contributed by atoms with Crippen molar-refractivity contribution in [1.82, 2.24) is 10.3 Å². The average Bonchev–Trinajstić information content (AvgIpc) is 2.33. The third-order valence-corrected chi connectivity index (χ3v) is 2.78. The summed E-state index contributed by atoms with van der Waals surface area (Å²) in [5, 5.41) is 5.06. The Morgan fingerprint density at radius 1 is 1.35 bits per heavy atom. The number of rotatable bonds is 2. The number of hydrogen-bond acceptors (Lipinski definition) is 3. The van der Waals surface area contributed by atoms with E-state index in [1.807, 2.05) is 45.0 Å². The molecule has 1 amide bonds. The smallest absolute Gasteiger partial charge is 0.407 e. The lowest BCUT2D eigenvalue weighted by Gasteiger charge is -2.19. The highest BCUT2D eigenvalue weighted by Crippen LogP contribution is 2.20. The summed E-state index contributed by atoms with van der Waals surface area (Å²) >= 11 is 5.99. The average molecular weight is 293 g/mol. The molecule has 0 bridgehead atoms. The number of pyridine rings is 1. The molecule has 0 aliphatic heterocycles. The molecule has 20 heavy (non-hydrogen) atoms. The van der Waals surface area contributed by atoms with E-state index >= 15 is 0 Å². The van der Waals surface area contributed by atoms with Gasteiger partial charge in [0.2, 0.25) is 0 Å². The summed E-state index contributed by atoms with van der Waals surface area (Å²) in [7, 11) is 0. The number of amides is 1. The van der Waals surface area contributed by atoms with Gasteiger partial charge in [0.25, 0.3) is 0 Å². The molecular formula is C15H17ClN2O2. The highest BCUT2D eigenvalue weighted by molar-refractivity contribution is 6.30. The highest BCUT2D eigenvalue weighted by atomic mass is 35.5. The lowest BCUT2D eigenvalue weighted by atomic mass is 10.1. The van der Waals surface area contributed by atoms with Crippen LogP contribution >= 0.6 is 11.6 Å². The number of carbonyl (C=O) groups is 1. The van der Waals surface area contributed by atoms with E-state index in [1.54, 1.807) is 6.07 Å². The van der Waals surface area contributed by atoms with E-state index in [-0.39, 0.29) is 6.54 Å². The van der Waals surface area contributed by atoms with E-state index in [2.05, 4.69) is 10.3 Å². The van der Waals surface area contributed by atoms with Crippen molar-refractivity contribution in [3.05, 3.63) is 41.2 Å². The Labute approximate surface area is 123 Å². The normalized spacial score (nSPS) is 11.4. The van der Waals surface area contributed by atoms with Gasteiger partial charge in [-0.05, 0) is 32.2 Å². The first kappa shape index (κ1) is 14.6. The quantitative estimate of drug-likeness (QED) is 0.854. The van der Waals surface area contributed by atoms with Gasteiger partial charge in [-0.15, -0.1) is 0 Å². The summed E-state index contributed by atoms with van der Waals surface area (Å²) in [6, 6.07) is 9.57. The molecule has 0 atom stereocenters. The molecule has 0 unspecified atom stereocenters. The Kier molecular flexibility index (Phi) is 4.14. The van der Waals surface area contributed by atoms with Crippen LogP contribution in [0.15, 0.2) is 30.3 Å². The maximum Gasteiger partial charge on any atom is 0.407 e. The summed E-state index contributed by atoms with van der Waals surface area (Å²) in [6.07, 6.45) is -0.469. The molecule has 0 saturated carbocycles. The second kappa shape index (κ2) is 5.67. The molecule has 1 aromatic heterocycles. The zero-order valence-corrected chi connectivity index (χ0v) is 12.5. The third-order valence-electron chi connectivity index (χ3n) is 2.59. The van der Waals surface area contributed by atoms with Gasteiger partial charge in [-0.3, -0.25) is 0 Å². The fourth-order valence-corrected chi connectivity index (χ4v) is 2.06. The van der Waals surface area contributed by atoms with Crippen LogP contribution in [-0.4, -0.2) is 16.7 Å². The number of hydrogen-bond donors (Lipinski definition) is 1. The highest BCUT2D eigenvalue weighted by Gasteiger charge is 2.16. The SMILES string of the molecule is CC(C)(C)OC(=O)NCc1nc(Cl)cc2ccccc12. The van der Waals surface area contributed by atoms with Crippen LogP contribution in [-0.2, 0) is 11.3 Å². The third kappa shape index (κ3) is 3.84. The minimum Gasteiger partial charge on any atom is -0.444 e.